The van der Waals surface area contributed by atoms with Gasteiger partial charge < -0.3 is 0 Å². The molecule has 1 aliphatic rings. The summed E-state index contributed by atoms with van der Waals surface area (Å²) in [7, 11) is 0. The number of urea groups is 1. The van der Waals surface area contributed by atoms with Crippen molar-refractivity contribution in [3.05, 3.63) is 34.9 Å². The predicted molar refractivity (Wildman–Crippen MR) is 73.9 cm³/mol. The normalized spacial score (nSPS) is 15.4. The van der Waals surface area contributed by atoms with Crippen molar-refractivity contribution in [2.45, 2.75) is 33.7 Å². The van der Waals surface area contributed by atoms with Gasteiger partial charge in [0.15, 0.2) is 0 Å². The van der Waals surface area contributed by atoms with Crippen molar-refractivity contribution in [2.24, 2.45) is 0 Å². The molecule has 1 heterocycles. The molecular formula is C15H18N2O3. The minimum Gasteiger partial charge on any atom is -0.263 e. The number of hydrogen-bond donors (Lipinski definition) is 0. The van der Waals surface area contributed by atoms with Crippen molar-refractivity contribution in [1.29, 1.82) is 0 Å². The predicted octanol–water partition coefficient (Wildman–Crippen LogP) is 2.00. The molecule has 1 aromatic rings. The Bertz CT molecular complexity index is 580. The van der Waals surface area contributed by atoms with Crippen LogP contribution in [0.25, 0.3) is 0 Å². The molecule has 0 spiro atoms. The number of hydrogen-bond acceptors (Lipinski definition) is 3. The third kappa shape index (κ3) is 2.43. The number of rotatable bonds is 4. The lowest BCUT2D eigenvalue weighted by molar-refractivity contribution is -0.143. The summed E-state index contributed by atoms with van der Waals surface area (Å²) in [5.41, 5.74) is 2.94. The standard InChI is InChI=1S/C15H18N2O3/c1-4-7-16-13(18)14(19)17(15(16)20)9-12-8-10(2)5-6-11(12)3/h5-6,8H,4,7,9H2,1-3H3. The van der Waals surface area contributed by atoms with Crippen molar-refractivity contribution >= 4 is 17.8 Å². The molecule has 1 aliphatic heterocycles. The van der Waals surface area contributed by atoms with E-state index in [1.807, 2.05) is 39.0 Å². The van der Waals surface area contributed by atoms with Crippen molar-refractivity contribution in [1.82, 2.24) is 9.80 Å². The average Bonchev–Trinajstić information content (AvgIpc) is 2.61. The second-order valence-electron chi connectivity index (χ2n) is 5.06. The SMILES string of the molecule is CCCN1C(=O)C(=O)N(Cc2cc(C)ccc2C)C1=O. The molecule has 106 valence electrons. The molecule has 20 heavy (non-hydrogen) atoms. The summed E-state index contributed by atoms with van der Waals surface area (Å²) in [6.45, 7) is 6.17. The number of benzene rings is 1. The number of aryl methyl sites for hydroxylation is 2. The molecule has 0 bridgehead atoms. The number of nitrogens with zero attached hydrogens (tertiary/aromatic N) is 2. The van der Waals surface area contributed by atoms with Crippen molar-refractivity contribution in [3.63, 3.8) is 0 Å². The van der Waals surface area contributed by atoms with Crippen LogP contribution in [0.15, 0.2) is 18.2 Å². The molecule has 2 rings (SSSR count). The van der Waals surface area contributed by atoms with Gasteiger partial charge in [0.05, 0.1) is 6.54 Å². The summed E-state index contributed by atoms with van der Waals surface area (Å²) in [5, 5.41) is 0. The topological polar surface area (TPSA) is 57.7 Å². The molecule has 5 heteroatoms. The number of carbonyl (C=O) groups excluding carboxylic acids is 3. The molecular weight excluding hydrogens is 256 g/mol. The number of amides is 4. The third-order valence-corrected chi connectivity index (χ3v) is 3.42. The van der Waals surface area contributed by atoms with Crippen molar-refractivity contribution < 1.29 is 14.4 Å². The summed E-state index contributed by atoms with van der Waals surface area (Å²) in [4.78, 5) is 37.9. The van der Waals surface area contributed by atoms with Crippen LogP contribution in [0.2, 0.25) is 0 Å². The van der Waals surface area contributed by atoms with Gasteiger partial charge in [-0.2, -0.15) is 0 Å². The summed E-state index contributed by atoms with van der Waals surface area (Å²) in [5.74, 6) is -1.45. The van der Waals surface area contributed by atoms with E-state index in [0.29, 0.717) is 6.42 Å². The molecule has 0 N–H and O–H groups in total. The van der Waals surface area contributed by atoms with Gasteiger partial charge in [0.1, 0.15) is 0 Å². The first-order chi connectivity index (χ1) is 9.45. The lowest BCUT2D eigenvalue weighted by Crippen LogP contribution is -2.33. The van der Waals surface area contributed by atoms with Gasteiger partial charge in [-0.15, -0.1) is 0 Å². The van der Waals surface area contributed by atoms with Crippen LogP contribution >= 0.6 is 0 Å². The molecule has 4 amide bonds. The molecule has 0 radical (unpaired) electrons. The van der Waals surface area contributed by atoms with E-state index >= 15 is 0 Å². The summed E-state index contributed by atoms with van der Waals surface area (Å²) < 4.78 is 0. The van der Waals surface area contributed by atoms with E-state index in [1.165, 1.54) is 0 Å². The Morgan fingerprint density at radius 2 is 1.65 bits per heavy atom. The van der Waals surface area contributed by atoms with E-state index in [-0.39, 0.29) is 13.1 Å². The maximum Gasteiger partial charge on any atom is 0.334 e. The quantitative estimate of drug-likeness (QED) is 0.623. The first kappa shape index (κ1) is 14.2. The highest BCUT2D eigenvalue weighted by Gasteiger charge is 2.43. The summed E-state index contributed by atoms with van der Waals surface area (Å²) in [6, 6.07) is 5.34. The molecule has 0 aromatic heterocycles. The molecule has 1 aromatic carbocycles. The summed E-state index contributed by atoms with van der Waals surface area (Å²) >= 11 is 0. The van der Waals surface area contributed by atoms with Gasteiger partial charge in [0.2, 0.25) is 0 Å². The average molecular weight is 274 g/mol. The molecule has 1 fully saturated rings. The second-order valence-corrected chi connectivity index (χ2v) is 5.06. The van der Waals surface area contributed by atoms with Crippen LogP contribution < -0.4 is 0 Å². The number of carbonyl (C=O) groups is 3. The zero-order valence-corrected chi connectivity index (χ0v) is 12.0. The van der Waals surface area contributed by atoms with Crippen LogP contribution in [-0.2, 0) is 16.1 Å². The van der Waals surface area contributed by atoms with Crippen LogP contribution in [-0.4, -0.2) is 34.2 Å². The van der Waals surface area contributed by atoms with Gasteiger partial charge in [0.25, 0.3) is 0 Å². The monoisotopic (exact) mass is 274 g/mol. The Kier molecular flexibility index (Phi) is 3.88. The fourth-order valence-electron chi connectivity index (χ4n) is 2.25. The van der Waals surface area contributed by atoms with Gasteiger partial charge in [0, 0.05) is 6.54 Å². The highest BCUT2D eigenvalue weighted by molar-refractivity contribution is 6.44. The Labute approximate surface area is 118 Å². The van der Waals surface area contributed by atoms with E-state index in [9.17, 15) is 14.4 Å². The molecule has 0 aliphatic carbocycles. The summed E-state index contributed by atoms with van der Waals surface area (Å²) in [6.07, 6.45) is 0.641. The first-order valence-electron chi connectivity index (χ1n) is 6.69. The third-order valence-electron chi connectivity index (χ3n) is 3.42. The molecule has 0 atom stereocenters. The van der Waals surface area contributed by atoms with Gasteiger partial charge in [-0.1, -0.05) is 30.7 Å². The van der Waals surface area contributed by atoms with Crippen molar-refractivity contribution in [3.8, 4) is 0 Å². The van der Waals surface area contributed by atoms with Crippen molar-refractivity contribution in [2.75, 3.05) is 6.54 Å². The van der Waals surface area contributed by atoms with E-state index < -0.39 is 17.8 Å². The molecule has 5 nitrogen and oxygen atoms in total. The largest absolute Gasteiger partial charge is 0.334 e. The van der Waals surface area contributed by atoms with Crippen LogP contribution in [0, 0.1) is 13.8 Å². The molecule has 0 saturated carbocycles. The Morgan fingerprint density at radius 1 is 1.00 bits per heavy atom. The maximum absolute atomic E-state index is 12.1. The highest BCUT2D eigenvalue weighted by Crippen LogP contribution is 2.19. The first-order valence-corrected chi connectivity index (χ1v) is 6.69. The minimum absolute atomic E-state index is 0.150. The molecule has 1 saturated heterocycles. The Hall–Kier alpha value is -2.17. The number of imide groups is 2. The minimum atomic E-state index is -0.732. The zero-order valence-electron chi connectivity index (χ0n) is 12.0. The van der Waals surface area contributed by atoms with Gasteiger partial charge in [-0.05, 0) is 31.4 Å². The molecule has 0 unspecified atom stereocenters. The lowest BCUT2D eigenvalue weighted by Gasteiger charge is -2.16. The van der Waals surface area contributed by atoms with E-state index in [1.54, 1.807) is 0 Å². The van der Waals surface area contributed by atoms with E-state index in [0.717, 1.165) is 26.5 Å². The Balaban J connectivity index is 2.25. The second kappa shape index (κ2) is 5.45. The zero-order chi connectivity index (χ0) is 14.9. The van der Waals surface area contributed by atoms with Crippen LogP contribution in [0.5, 0.6) is 0 Å². The Morgan fingerprint density at radius 3 is 2.30 bits per heavy atom. The van der Waals surface area contributed by atoms with E-state index in [2.05, 4.69) is 0 Å². The van der Waals surface area contributed by atoms with Crippen LogP contribution in [0.4, 0.5) is 4.79 Å². The van der Waals surface area contributed by atoms with Crippen LogP contribution in [0.1, 0.15) is 30.0 Å². The highest BCUT2D eigenvalue weighted by atomic mass is 16.2. The van der Waals surface area contributed by atoms with Gasteiger partial charge >= 0.3 is 17.8 Å². The fourth-order valence-corrected chi connectivity index (χ4v) is 2.25. The lowest BCUT2D eigenvalue weighted by atomic mass is 10.1. The van der Waals surface area contributed by atoms with Gasteiger partial charge in [-0.25, -0.2) is 4.79 Å². The smallest absolute Gasteiger partial charge is 0.263 e. The van der Waals surface area contributed by atoms with Gasteiger partial charge in [-0.3, -0.25) is 19.4 Å². The van der Waals surface area contributed by atoms with Crippen LogP contribution in [0.3, 0.4) is 0 Å². The maximum atomic E-state index is 12.1. The fraction of sp³-hybridized carbons (Fsp3) is 0.400. The van der Waals surface area contributed by atoms with E-state index in [4.69, 9.17) is 0 Å².